The second kappa shape index (κ2) is 6.82. The lowest BCUT2D eigenvalue weighted by molar-refractivity contribution is -0.145. The Morgan fingerprint density at radius 3 is 2.36 bits per heavy atom. The molecule has 2 fully saturated rings. The van der Waals surface area contributed by atoms with Crippen LogP contribution in [0.15, 0.2) is 30.3 Å². The fourth-order valence-corrected chi connectivity index (χ4v) is 4.49. The molecule has 0 aromatic heterocycles. The van der Waals surface area contributed by atoms with Gasteiger partial charge >= 0.3 is 5.97 Å². The molecule has 1 N–H and O–H groups in total. The van der Waals surface area contributed by atoms with Crippen molar-refractivity contribution in [2.75, 3.05) is 13.1 Å². The Balaban J connectivity index is 1.75. The largest absolute Gasteiger partial charge is 0.481 e. The Bertz CT molecular complexity index is 491. The third-order valence-corrected chi connectivity index (χ3v) is 5.61. The van der Waals surface area contributed by atoms with E-state index in [2.05, 4.69) is 29.2 Å². The van der Waals surface area contributed by atoms with Gasteiger partial charge in [0.2, 0.25) is 0 Å². The molecule has 1 saturated carbocycles. The van der Waals surface area contributed by atoms with E-state index < -0.39 is 5.97 Å². The molecule has 1 spiro atoms. The first-order valence-electron chi connectivity index (χ1n) is 8.69. The number of carboxylic acids is 1. The van der Waals surface area contributed by atoms with E-state index in [0.717, 1.165) is 25.9 Å². The van der Waals surface area contributed by atoms with Crippen LogP contribution in [0.3, 0.4) is 0 Å². The monoisotopic (exact) mass is 301 g/mol. The summed E-state index contributed by atoms with van der Waals surface area (Å²) in [5.74, 6) is -0.773. The van der Waals surface area contributed by atoms with E-state index in [-0.39, 0.29) is 11.3 Å². The minimum Gasteiger partial charge on any atom is -0.481 e. The van der Waals surface area contributed by atoms with Gasteiger partial charge in [0, 0.05) is 19.6 Å². The predicted octanol–water partition coefficient (Wildman–Crippen LogP) is 3.93. The van der Waals surface area contributed by atoms with Gasteiger partial charge in [0.15, 0.2) is 0 Å². The van der Waals surface area contributed by atoms with Gasteiger partial charge in [-0.1, -0.05) is 62.4 Å². The first-order chi connectivity index (χ1) is 10.7. The van der Waals surface area contributed by atoms with Crippen LogP contribution in [-0.4, -0.2) is 29.1 Å². The van der Waals surface area contributed by atoms with Gasteiger partial charge < -0.3 is 5.11 Å². The molecular weight excluding hydrogens is 274 g/mol. The van der Waals surface area contributed by atoms with Crippen LogP contribution < -0.4 is 0 Å². The summed E-state index contributed by atoms with van der Waals surface area (Å²) in [6.45, 7) is 2.55. The van der Waals surface area contributed by atoms with Crippen molar-refractivity contribution in [2.45, 2.75) is 51.5 Å². The molecule has 0 amide bonds. The topological polar surface area (TPSA) is 40.5 Å². The van der Waals surface area contributed by atoms with Crippen molar-refractivity contribution in [1.29, 1.82) is 0 Å². The molecule has 3 nitrogen and oxygen atoms in total. The van der Waals surface area contributed by atoms with E-state index in [9.17, 15) is 9.90 Å². The average Bonchev–Trinajstić information content (AvgIpc) is 2.84. The Morgan fingerprint density at radius 2 is 1.73 bits per heavy atom. The molecule has 0 bridgehead atoms. The van der Waals surface area contributed by atoms with E-state index in [1.807, 2.05) is 6.07 Å². The van der Waals surface area contributed by atoms with Gasteiger partial charge in [-0.3, -0.25) is 9.69 Å². The summed E-state index contributed by atoms with van der Waals surface area (Å²) in [6.07, 6.45) is 8.44. The molecule has 0 radical (unpaired) electrons. The minimum absolute atomic E-state index is 0.0149. The highest BCUT2D eigenvalue weighted by Gasteiger charge is 2.49. The van der Waals surface area contributed by atoms with Crippen LogP contribution in [0.25, 0.3) is 0 Å². The highest BCUT2D eigenvalue weighted by Crippen LogP contribution is 2.46. The summed E-state index contributed by atoms with van der Waals surface area (Å²) in [5.41, 5.74) is 1.30. The van der Waals surface area contributed by atoms with Gasteiger partial charge in [-0.05, 0) is 23.8 Å². The average molecular weight is 301 g/mol. The van der Waals surface area contributed by atoms with Gasteiger partial charge in [0.1, 0.15) is 0 Å². The van der Waals surface area contributed by atoms with Gasteiger partial charge in [-0.25, -0.2) is 0 Å². The van der Waals surface area contributed by atoms with Crippen molar-refractivity contribution in [1.82, 2.24) is 4.90 Å². The van der Waals surface area contributed by atoms with Crippen LogP contribution in [0.4, 0.5) is 0 Å². The first-order valence-corrected chi connectivity index (χ1v) is 8.69. The van der Waals surface area contributed by atoms with Crippen LogP contribution in [0.5, 0.6) is 0 Å². The lowest BCUT2D eigenvalue weighted by atomic mass is 9.69. The van der Waals surface area contributed by atoms with Crippen LogP contribution >= 0.6 is 0 Å². The molecule has 1 heterocycles. The molecule has 1 aromatic rings. The van der Waals surface area contributed by atoms with Gasteiger partial charge in [-0.2, -0.15) is 0 Å². The molecule has 3 heteroatoms. The van der Waals surface area contributed by atoms with Gasteiger partial charge in [-0.15, -0.1) is 0 Å². The lowest BCUT2D eigenvalue weighted by Gasteiger charge is -2.34. The third-order valence-electron chi connectivity index (χ3n) is 5.61. The highest BCUT2D eigenvalue weighted by atomic mass is 16.4. The normalized spacial score (nSPS) is 25.7. The number of likely N-dealkylation sites (tertiary alicyclic amines) is 1. The Kier molecular flexibility index (Phi) is 4.82. The number of hydrogen-bond donors (Lipinski definition) is 1. The predicted molar refractivity (Wildman–Crippen MR) is 87.6 cm³/mol. The van der Waals surface area contributed by atoms with E-state index >= 15 is 0 Å². The maximum Gasteiger partial charge on any atom is 0.308 e. The molecule has 22 heavy (non-hydrogen) atoms. The molecular formula is C19H27NO2. The lowest BCUT2D eigenvalue weighted by Crippen LogP contribution is -2.35. The number of aliphatic carboxylic acids is 1. The van der Waals surface area contributed by atoms with Crippen LogP contribution in [0.2, 0.25) is 0 Å². The van der Waals surface area contributed by atoms with Crippen molar-refractivity contribution < 1.29 is 9.90 Å². The van der Waals surface area contributed by atoms with Crippen LogP contribution in [0, 0.1) is 11.3 Å². The molecule has 1 aliphatic carbocycles. The summed E-state index contributed by atoms with van der Waals surface area (Å²) >= 11 is 0. The number of benzene rings is 1. The van der Waals surface area contributed by atoms with Gasteiger partial charge in [0.25, 0.3) is 0 Å². The Morgan fingerprint density at radius 1 is 1.09 bits per heavy atom. The molecule has 3 rings (SSSR count). The first kappa shape index (κ1) is 15.5. The Labute approximate surface area is 133 Å². The molecule has 1 atom stereocenters. The smallest absolute Gasteiger partial charge is 0.308 e. The Hall–Kier alpha value is -1.35. The maximum atomic E-state index is 11.8. The third kappa shape index (κ3) is 3.35. The molecule has 1 aliphatic heterocycles. The maximum absolute atomic E-state index is 11.8. The van der Waals surface area contributed by atoms with Gasteiger partial charge in [0.05, 0.1) is 5.92 Å². The van der Waals surface area contributed by atoms with Crippen molar-refractivity contribution in [2.24, 2.45) is 11.3 Å². The molecule has 1 unspecified atom stereocenters. The van der Waals surface area contributed by atoms with E-state index in [4.69, 9.17) is 0 Å². The summed E-state index contributed by atoms with van der Waals surface area (Å²) in [7, 11) is 0. The quantitative estimate of drug-likeness (QED) is 0.919. The molecule has 120 valence electrons. The second-order valence-corrected chi connectivity index (χ2v) is 7.18. The summed E-state index contributed by atoms with van der Waals surface area (Å²) < 4.78 is 0. The molecule has 1 aromatic carbocycles. The number of carbonyl (C=O) groups is 1. The zero-order chi connectivity index (χ0) is 15.4. The van der Waals surface area contributed by atoms with Crippen molar-refractivity contribution in [3.8, 4) is 0 Å². The van der Waals surface area contributed by atoms with Crippen LogP contribution in [0.1, 0.15) is 50.5 Å². The van der Waals surface area contributed by atoms with Crippen molar-refractivity contribution >= 4 is 5.97 Å². The molecule has 2 aliphatic rings. The van der Waals surface area contributed by atoms with Crippen LogP contribution in [-0.2, 0) is 11.3 Å². The zero-order valence-corrected chi connectivity index (χ0v) is 13.3. The number of nitrogens with zero attached hydrogens (tertiary/aromatic N) is 1. The highest BCUT2D eigenvalue weighted by molar-refractivity contribution is 5.72. The minimum atomic E-state index is -0.587. The van der Waals surface area contributed by atoms with E-state index in [1.165, 1.54) is 37.7 Å². The molecule has 1 saturated heterocycles. The number of rotatable bonds is 3. The zero-order valence-electron chi connectivity index (χ0n) is 13.3. The van der Waals surface area contributed by atoms with Crippen molar-refractivity contribution in [3.63, 3.8) is 0 Å². The fraction of sp³-hybridized carbons (Fsp3) is 0.632. The summed E-state index contributed by atoms with van der Waals surface area (Å²) in [6, 6.07) is 10.4. The second-order valence-electron chi connectivity index (χ2n) is 7.18. The SMILES string of the molecule is O=C(O)C1CN(Cc2ccccc2)CC12CCCCCCC2. The summed E-state index contributed by atoms with van der Waals surface area (Å²) in [5, 5.41) is 9.75. The standard InChI is InChI=1S/C19H27NO2/c21-18(22)17-14-20(13-16-9-5-4-6-10-16)15-19(17)11-7-2-1-3-8-12-19/h4-6,9-10,17H,1-3,7-8,11-15H2,(H,21,22). The summed E-state index contributed by atoms with van der Waals surface area (Å²) in [4.78, 5) is 14.2. The fourth-order valence-electron chi connectivity index (χ4n) is 4.49. The number of carboxylic acid groups (broad SMARTS) is 1. The number of hydrogen-bond acceptors (Lipinski definition) is 2. The van der Waals surface area contributed by atoms with E-state index in [0.29, 0.717) is 6.54 Å². The van der Waals surface area contributed by atoms with Crippen molar-refractivity contribution in [3.05, 3.63) is 35.9 Å². The van der Waals surface area contributed by atoms with E-state index in [1.54, 1.807) is 0 Å².